The van der Waals surface area contributed by atoms with Crippen molar-refractivity contribution in [3.05, 3.63) is 61.2 Å². The molecule has 3 saturated heterocycles. The van der Waals surface area contributed by atoms with Gasteiger partial charge in [-0.15, -0.1) is 13.2 Å². The molecule has 3 aliphatic heterocycles. The predicted molar refractivity (Wildman–Crippen MR) is 147 cm³/mol. The minimum absolute atomic E-state index is 0.0602. The van der Waals surface area contributed by atoms with E-state index >= 15 is 0 Å². The maximum Gasteiger partial charge on any atom is 0.312 e. The Kier molecular flexibility index (Phi) is 8.96. The van der Waals surface area contributed by atoms with Crippen LogP contribution in [0.5, 0.6) is 0 Å². The van der Waals surface area contributed by atoms with E-state index in [1.54, 1.807) is 15.9 Å². The first-order valence-electron chi connectivity index (χ1n) is 14.1. The van der Waals surface area contributed by atoms with E-state index in [0.29, 0.717) is 32.4 Å². The number of rotatable bonds is 14. The Labute approximate surface area is 231 Å². The molecule has 2 amide bonds. The number of unbranched alkanes of at least 4 members (excludes halogenated alkanes) is 2. The monoisotopic (exact) mass is 538 g/mol. The van der Waals surface area contributed by atoms with Gasteiger partial charge in [-0.3, -0.25) is 14.4 Å². The summed E-state index contributed by atoms with van der Waals surface area (Å²) in [4.78, 5) is 45.2. The lowest BCUT2D eigenvalue weighted by atomic mass is 9.62. The minimum atomic E-state index is -1.14. The lowest BCUT2D eigenvalue weighted by Crippen LogP contribution is -2.56. The third kappa shape index (κ3) is 5.16. The number of fused-ring (bicyclic) bond motifs is 1. The van der Waals surface area contributed by atoms with Crippen LogP contribution in [0.2, 0.25) is 0 Å². The van der Waals surface area contributed by atoms with Crippen LogP contribution in [0.25, 0.3) is 0 Å². The third-order valence-electron chi connectivity index (χ3n) is 8.78. The Morgan fingerprint density at radius 2 is 1.95 bits per heavy atom. The van der Waals surface area contributed by atoms with E-state index in [0.717, 1.165) is 18.4 Å². The van der Waals surface area contributed by atoms with E-state index in [9.17, 15) is 19.5 Å². The van der Waals surface area contributed by atoms with Crippen molar-refractivity contribution in [1.29, 1.82) is 0 Å². The molecule has 1 aromatic carbocycles. The van der Waals surface area contributed by atoms with Crippen molar-refractivity contribution in [3.63, 3.8) is 0 Å². The van der Waals surface area contributed by atoms with Crippen LogP contribution < -0.4 is 0 Å². The zero-order valence-corrected chi connectivity index (χ0v) is 23.2. The van der Waals surface area contributed by atoms with Gasteiger partial charge in [0, 0.05) is 26.2 Å². The van der Waals surface area contributed by atoms with Gasteiger partial charge in [0.2, 0.25) is 11.8 Å². The van der Waals surface area contributed by atoms with Gasteiger partial charge < -0.3 is 24.4 Å². The van der Waals surface area contributed by atoms with Gasteiger partial charge in [-0.05, 0) is 50.5 Å². The summed E-state index contributed by atoms with van der Waals surface area (Å²) < 4.78 is 12.4. The van der Waals surface area contributed by atoms with Gasteiger partial charge in [0.1, 0.15) is 17.6 Å². The van der Waals surface area contributed by atoms with Gasteiger partial charge in [-0.1, -0.05) is 49.4 Å². The van der Waals surface area contributed by atoms with E-state index in [2.05, 4.69) is 13.2 Å². The molecule has 0 radical (unpaired) electrons. The first-order valence-corrected chi connectivity index (χ1v) is 14.1. The van der Waals surface area contributed by atoms with Crippen molar-refractivity contribution in [2.75, 3.05) is 26.3 Å². The number of likely N-dealkylation sites (tertiary alicyclic amines) is 1. The number of hydrogen-bond acceptors (Lipinski definition) is 6. The van der Waals surface area contributed by atoms with Crippen molar-refractivity contribution in [3.8, 4) is 0 Å². The number of carbonyl (C=O) groups excluding carboxylic acids is 3. The molecule has 212 valence electrons. The molecule has 3 heterocycles. The molecule has 1 aromatic rings. The number of aliphatic hydroxyl groups is 1. The number of hydrogen-bond donors (Lipinski definition) is 1. The van der Waals surface area contributed by atoms with E-state index in [4.69, 9.17) is 9.47 Å². The Balaban J connectivity index is 1.67. The summed E-state index contributed by atoms with van der Waals surface area (Å²) in [5.74, 6) is -2.62. The van der Waals surface area contributed by atoms with Gasteiger partial charge in [0.05, 0.1) is 18.1 Å². The summed E-state index contributed by atoms with van der Waals surface area (Å²) in [6.07, 6.45) is 6.74. The summed E-state index contributed by atoms with van der Waals surface area (Å²) >= 11 is 0. The lowest BCUT2D eigenvalue weighted by molar-refractivity contribution is -0.162. The maximum atomic E-state index is 14.4. The van der Waals surface area contributed by atoms with E-state index in [-0.39, 0.29) is 37.5 Å². The number of amides is 2. The summed E-state index contributed by atoms with van der Waals surface area (Å²) in [5.41, 5.74) is -1.09. The molecule has 8 heteroatoms. The number of ether oxygens (including phenoxy) is 2. The predicted octanol–water partition coefficient (Wildman–Crippen LogP) is 3.49. The van der Waals surface area contributed by atoms with Crippen LogP contribution >= 0.6 is 0 Å². The SMILES string of the molecule is C=CCCCCOC(=O)[C@@H]1[C@H]2C(=O)N(CCCO)C(C(=O)N(CC=C)Cc3ccccc3)C23CC(C)[C@@]1(C)O3. The molecule has 8 nitrogen and oxygen atoms in total. The second-order valence-corrected chi connectivity index (χ2v) is 11.3. The van der Waals surface area contributed by atoms with Crippen LogP contribution in [0.15, 0.2) is 55.6 Å². The highest BCUT2D eigenvalue weighted by molar-refractivity contribution is 5.98. The second-order valence-electron chi connectivity index (χ2n) is 11.3. The molecule has 2 bridgehead atoms. The van der Waals surface area contributed by atoms with Crippen molar-refractivity contribution < 1.29 is 29.0 Å². The van der Waals surface area contributed by atoms with Gasteiger partial charge in [-0.2, -0.15) is 0 Å². The largest absolute Gasteiger partial charge is 0.465 e. The fourth-order valence-electron chi connectivity index (χ4n) is 6.88. The number of benzene rings is 1. The average molecular weight is 539 g/mol. The van der Waals surface area contributed by atoms with Crippen LogP contribution in [0, 0.1) is 17.8 Å². The fourth-order valence-corrected chi connectivity index (χ4v) is 6.88. The van der Waals surface area contributed by atoms with Crippen LogP contribution in [0.1, 0.15) is 51.5 Å². The molecule has 3 fully saturated rings. The average Bonchev–Trinajstić information content (AvgIpc) is 3.43. The lowest BCUT2D eigenvalue weighted by Gasteiger charge is -2.37. The topological polar surface area (TPSA) is 96.4 Å². The Bertz CT molecular complexity index is 1080. The van der Waals surface area contributed by atoms with Gasteiger partial charge >= 0.3 is 5.97 Å². The number of esters is 1. The highest BCUT2D eigenvalue weighted by atomic mass is 16.6. The van der Waals surface area contributed by atoms with Crippen molar-refractivity contribution in [1.82, 2.24) is 9.80 Å². The number of allylic oxidation sites excluding steroid dienone is 1. The van der Waals surface area contributed by atoms with E-state index in [1.807, 2.05) is 50.3 Å². The molecule has 3 unspecified atom stereocenters. The number of nitrogens with zero attached hydrogens (tertiary/aromatic N) is 2. The van der Waals surface area contributed by atoms with Crippen LogP contribution in [-0.2, 0) is 30.4 Å². The van der Waals surface area contributed by atoms with E-state index in [1.165, 1.54) is 0 Å². The first kappa shape index (κ1) is 29.0. The highest BCUT2D eigenvalue weighted by Gasteiger charge is 2.80. The minimum Gasteiger partial charge on any atom is -0.465 e. The van der Waals surface area contributed by atoms with E-state index < -0.39 is 35.0 Å². The number of carbonyl (C=O) groups is 3. The zero-order chi connectivity index (χ0) is 28.2. The quantitative estimate of drug-likeness (QED) is 0.221. The van der Waals surface area contributed by atoms with Crippen LogP contribution in [0.4, 0.5) is 0 Å². The fraction of sp³-hybridized carbons (Fsp3) is 0.581. The molecule has 1 N–H and O–H groups in total. The molecule has 0 saturated carbocycles. The van der Waals surface area contributed by atoms with Gasteiger partial charge in [0.25, 0.3) is 0 Å². The molecular weight excluding hydrogens is 496 g/mol. The summed E-state index contributed by atoms with van der Waals surface area (Å²) in [7, 11) is 0. The third-order valence-corrected chi connectivity index (χ3v) is 8.78. The molecule has 6 atom stereocenters. The molecule has 1 spiro atoms. The molecule has 3 aliphatic rings. The summed E-state index contributed by atoms with van der Waals surface area (Å²) in [6, 6.07) is 8.77. The Morgan fingerprint density at radius 1 is 1.21 bits per heavy atom. The zero-order valence-electron chi connectivity index (χ0n) is 23.2. The molecule has 0 aliphatic carbocycles. The highest BCUT2D eigenvalue weighted by Crippen LogP contribution is 2.65. The summed E-state index contributed by atoms with van der Waals surface area (Å²) in [6.45, 7) is 12.5. The van der Waals surface area contributed by atoms with Crippen LogP contribution in [0.3, 0.4) is 0 Å². The standard InChI is InChI=1S/C31H42N2O6/c1-5-7-8-12-19-38-29(37)25-24-27(35)33(17-13-18-34)26(31(24)20-22(3)30(25,4)39-31)28(36)32(16-6-2)21-23-14-10-9-11-15-23/h5-6,9-11,14-15,22,24-26,34H,1-2,7-8,12-13,16-21H2,3-4H3/t22?,24-,25-,26?,30+,31?/m0/s1. The second kappa shape index (κ2) is 12.0. The van der Waals surface area contributed by atoms with Crippen molar-refractivity contribution >= 4 is 17.8 Å². The Hall–Kier alpha value is -2.97. The van der Waals surface area contributed by atoms with Crippen molar-refractivity contribution in [2.24, 2.45) is 17.8 Å². The van der Waals surface area contributed by atoms with Gasteiger partial charge in [0.15, 0.2) is 0 Å². The Morgan fingerprint density at radius 3 is 2.62 bits per heavy atom. The summed E-state index contributed by atoms with van der Waals surface area (Å²) in [5, 5.41) is 9.58. The smallest absolute Gasteiger partial charge is 0.312 e. The van der Waals surface area contributed by atoms with Gasteiger partial charge in [-0.25, -0.2) is 0 Å². The normalized spacial score (nSPS) is 30.7. The van der Waals surface area contributed by atoms with Crippen molar-refractivity contribution in [2.45, 2.75) is 69.7 Å². The first-order chi connectivity index (χ1) is 18.7. The maximum absolute atomic E-state index is 14.4. The molecule has 39 heavy (non-hydrogen) atoms. The van der Waals surface area contributed by atoms with Crippen LogP contribution in [-0.4, -0.2) is 76.2 Å². The molecular formula is C31H42N2O6. The molecule has 0 aromatic heterocycles. The number of aliphatic hydroxyl groups excluding tert-OH is 1. The molecule has 4 rings (SSSR count).